The van der Waals surface area contributed by atoms with E-state index >= 15 is 0 Å². The molecular weight excluding hydrogens is 309 g/mol. The van der Waals surface area contributed by atoms with E-state index in [0.29, 0.717) is 0 Å². The van der Waals surface area contributed by atoms with Gasteiger partial charge in [0.2, 0.25) is 6.79 Å². The maximum Gasteiger partial charge on any atom is 0.284 e. The third-order valence-electron chi connectivity index (χ3n) is 3.35. The lowest BCUT2D eigenvalue weighted by Gasteiger charge is -2.07. The minimum atomic E-state index is -0.685. The molecule has 2 aromatic carbocycles. The van der Waals surface area contributed by atoms with Gasteiger partial charge in [0.15, 0.2) is 28.8 Å². The molecule has 0 amide bonds. The quantitative estimate of drug-likeness (QED) is 0.489. The molecule has 1 aliphatic rings. The van der Waals surface area contributed by atoms with Crippen molar-refractivity contribution in [3.05, 3.63) is 57.4 Å². The number of hydrogen-bond acceptors (Lipinski definition) is 6. The molecule has 1 aliphatic heterocycles. The molecule has 23 heavy (non-hydrogen) atoms. The topological polar surface area (TPSA) is 87.9 Å². The maximum atomic E-state index is 13.4. The van der Waals surface area contributed by atoms with Crippen molar-refractivity contribution in [3.63, 3.8) is 0 Å². The highest BCUT2D eigenvalue weighted by atomic mass is 19.1. The summed E-state index contributed by atoms with van der Waals surface area (Å²) in [6.07, 6.45) is 0. The van der Waals surface area contributed by atoms with Crippen molar-refractivity contribution in [2.45, 2.75) is 0 Å². The summed E-state index contributed by atoms with van der Waals surface area (Å²) in [5.74, 6) is -0.963. The van der Waals surface area contributed by atoms with Crippen molar-refractivity contribution in [1.82, 2.24) is 0 Å². The molecule has 0 N–H and O–H groups in total. The summed E-state index contributed by atoms with van der Waals surface area (Å²) < 4.78 is 28.5. The van der Waals surface area contributed by atoms with Gasteiger partial charge >= 0.3 is 0 Å². The third-order valence-corrected chi connectivity index (χ3v) is 3.35. The van der Waals surface area contributed by atoms with E-state index in [0.717, 1.165) is 12.1 Å². The van der Waals surface area contributed by atoms with Crippen LogP contribution in [0.3, 0.4) is 0 Å². The van der Waals surface area contributed by atoms with Crippen LogP contribution in [0.1, 0.15) is 15.9 Å². The molecule has 3 rings (SSSR count). The Kier molecular flexibility index (Phi) is 3.57. The highest BCUT2D eigenvalue weighted by Crippen LogP contribution is 2.38. The van der Waals surface area contributed by atoms with Crippen LogP contribution >= 0.6 is 0 Å². The van der Waals surface area contributed by atoms with E-state index in [2.05, 4.69) is 0 Å². The maximum absolute atomic E-state index is 13.4. The van der Waals surface area contributed by atoms with Gasteiger partial charge in [0.05, 0.1) is 18.1 Å². The van der Waals surface area contributed by atoms with Gasteiger partial charge in [0, 0.05) is 11.6 Å². The highest BCUT2D eigenvalue weighted by Gasteiger charge is 2.28. The Morgan fingerprint density at radius 1 is 1.26 bits per heavy atom. The first-order chi connectivity index (χ1) is 11.0. The van der Waals surface area contributed by atoms with Crippen LogP contribution in [0.4, 0.5) is 10.1 Å². The number of carbonyl (C=O) groups is 1. The fourth-order valence-corrected chi connectivity index (χ4v) is 2.22. The van der Waals surface area contributed by atoms with E-state index in [-0.39, 0.29) is 35.2 Å². The average molecular weight is 319 g/mol. The largest absolute Gasteiger partial charge is 0.494 e. The first-order valence-electron chi connectivity index (χ1n) is 6.47. The van der Waals surface area contributed by atoms with E-state index in [1.807, 2.05) is 0 Å². The lowest BCUT2D eigenvalue weighted by molar-refractivity contribution is -0.385. The smallest absolute Gasteiger partial charge is 0.284 e. The van der Waals surface area contributed by atoms with Crippen LogP contribution in [0, 0.1) is 15.9 Å². The van der Waals surface area contributed by atoms with Crippen LogP contribution < -0.4 is 14.2 Å². The molecule has 8 heteroatoms. The number of carbonyl (C=O) groups excluding carboxylic acids is 1. The van der Waals surface area contributed by atoms with Crippen LogP contribution in [0.15, 0.2) is 30.3 Å². The molecule has 0 atom stereocenters. The lowest BCUT2D eigenvalue weighted by atomic mass is 10.0. The van der Waals surface area contributed by atoms with Gasteiger partial charge in [-0.1, -0.05) is 0 Å². The van der Waals surface area contributed by atoms with Gasteiger partial charge in [0.1, 0.15) is 5.56 Å². The summed E-state index contributed by atoms with van der Waals surface area (Å²) in [5, 5.41) is 11.2. The van der Waals surface area contributed by atoms with Crippen LogP contribution in [-0.4, -0.2) is 24.6 Å². The first kappa shape index (κ1) is 14.8. The van der Waals surface area contributed by atoms with Crippen molar-refractivity contribution >= 4 is 11.5 Å². The summed E-state index contributed by atoms with van der Waals surface area (Å²) in [5.41, 5.74) is -0.527. The number of rotatable bonds is 4. The Bertz CT molecular complexity index is 820. The monoisotopic (exact) mass is 319 g/mol. The molecule has 0 fully saturated rings. The number of fused-ring (bicyclic) bond motifs is 1. The van der Waals surface area contributed by atoms with Crippen LogP contribution in [0.2, 0.25) is 0 Å². The SMILES string of the molecule is COc1cc(C(=O)c2cc3c(cc2[N+](=O)[O-])OCO3)ccc1F. The Balaban J connectivity index is 2.10. The zero-order valence-electron chi connectivity index (χ0n) is 11.9. The molecule has 118 valence electrons. The summed E-state index contributed by atoms with van der Waals surface area (Å²) in [6.45, 7) is -0.0749. The van der Waals surface area contributed by atoms with Crippen molar-refractivity contribution in [2.24, 2.45) is 0 Å². The molecule has 0 radical (unpaired) electrons. The van der Waals surface area contributed by atoms with E-state index in [4.69, 9.17) is 14.2 Å². The van der Waals surface area contributed by atoms with Gasteiger partial charge in [-0.3, -0.25) is 14.9 Å². The predicted molar refractivity (Wildman–Crippen MR) is 75.6 cm³/mol. The molecule has 0 aromatic heterocycles. The number of nitro benzene ring substituents is 1. The Labute approximate surface area is 129 Å². The second kappa shape index (κ2) is 5.56. The Morgan fingerprint density at radius 3 is 2.61 bits per heavy atom. The van der Waals surface area contributed by atoms with Crippen molar-refractivity contribution in [2.75, 3.05) is 13.9 Å². The predicted octanol–water partition coefficient (Wildman–Crippen LogP) is 2.70. The minimum absolute atomic E-state index is 0.0604. The first-order valence-corrected chi connectivity index (χ1v) is 6.47. The number of benzene rings is 2. The van der Waals surface area contributed by atoms with Gasteiger partial charge in [-0.05, 0) is 18.2 Å². The molecule has 0 unspecified atom stereocenters. The van der Waals surface area contributed by atoms with Crippen molar-refractivity contribution < 1.29 is 28.3 Å². The van der Waals surface area contributed by atoms with Crippen LogP contribution in [-0.2, 0) is 0 Å². The fraction of sp³-hybridized carbons (Fsp3) is 0.133. The Hall–Kier alpha value is -3.16. The van der Waals surface area contributed by atoms with Gasteiger partial charge < -0.3 is 14.2 Å². The summed E-state index contributed by atoms with van der Waals surface area (Å²) in [6, 6.07) is 5.86. The molecule has 0 bridgehead atoms. The van der Waals surface area contributed by atoms with E-state index in [9.17, 15) is 19.3 Å². The number of halogens is 1. The fourth-order valence-electron chi connectivity index (χ4n) is 2.22. The number of hydrogen-bond donors (Lipinski definition) is 0. The number of methoxy groups -OCH3 is 1. The van der Waals surface area contributed by atoms with Crippen LogP contribution in [0.5, 0.6) is 17.2 Å². The third kappa shape index (κ3) is 2.54. The van der Waals surface area contributed by atoms with Gasteiger partial charge in [0.25, 0.3) is 5.69 Å². The summed E-state index contributed by atoms with van der Waals surface area (Å²) in [4.78, 5) is 23.1. The summed E-state index contributed by atoms with van der Waals surface area (Å²) in [7, 11) is 1.26. The number of nitro groups is 1. The number of ether oxygens (including phenoxy) is 3. The average Bonchev–Trinajstić information content (AvgIpc) is 3.00. The number of ketones is 1. The standard InChI is InChI=1S/C15H10FNO6/c1-21-12-4-8(2-3-10(12)16)15(18)9-5-13-14(23-7-22-13)6-11(9)17(19)20/h2-6H,7H2,1H3. The van der Waals surface area contributed by atoms with Crippen molar-refractivity contribution in [3.8, 4) is 17.2 Å². The molecule has 0 saturated heterocycles. The highest BCUT2D eigenvalue weighted by molar-refractivity contribution is 6.12. The van der Waals surface area contributed by atoms with E-state index < -0.39 is 22.2 Å². The molecule has 2 aromatic rings. The summed E-state index contributed by atoms with van der Waals surface area (Å²) >= 11 is 0. The van der Waals surface area contributed by atoms with Gasteiger partial charge in [-0.2, -0.15) is 0 Å². The minimum Gasteiger partial charge on any atom is -0.494 e. The second-order valence-electron chi connectivity index (χ2n) is 4.66. The zero-order valence-corrected chi connectivity index (χ0v) is 11.9. The van der Waals surface area contributed by atoms with Crippen LogP contribution in [0.25, 0.3) is 0 Å². The number of nitrogens with zero attached hydrogens (tertiary/aromatic N) is 1. The zero-order chi connectivity index (χ0) is 16.6. The molecule has 7 nitrogen and oxygen atoms in total. The molecule has 0 saturated carbocycles. The lowest BCUT2D eigenvalue weighted by Crippen LogP contribution is -2.06. The molecule has 0 aliphatic carbocycles. The Morgan fingerprint density at radius 2 is 1.96 bits per heavy atom. The van der Waals surface area contributed by atoms with Crippen molar-refractivity contribution in [1.29, 1.82) is 0 Å². The normalized spacial score (nSPS) is 12.1. The molecule has 0 spiro atoms. The van der Waals surface area contributed by atoms with Gasteiger partial charge in [-0.25, -0.2) is 4.39 Å². The molecular formula is C15H10FNO6. The second-order valence-corrected chi connectivity index (χ2v) is 4.66. The molecule has 1 heterocycles. The van der Waals surface area contributed by atoms with E-state index in [1.54, 1.807) is 0 Å². The van der Waals surface area contributed by atoms with Gasteiger partial charge in [-0.15, -0.1) is 0 Å². The van der Waals surface area contributed by atoms with E-state index in [1.165, 1.54) is 25.3 Å².